The first-order valence-electron chi connectivity index (χ1n) is 6.97. The quantitative estimate of drug-likeness (QED) is 0.776. The van der Waals surface area contributed by atoms with E-state index in [1.807, 2.05) is 40.0 Å². The van der Waals surface area contributed by atoms with Crippen LogP contribution in [-0.2, 0) is 20.8 Å². The zero-order valence-corrected chi connectivity index (χ0v) is 13.0. The topological polar surface area (TPSA) is 43.8 Å². The van der Waals surface area contributed by atoms with Gasteiger partial charge in [0, 0.05) is 26.1 Å². The number of rotatable bonds is 5. The second-order valence-electron chi connectivity index (χ2n) is 6.06. The lowest BCUT2D eigenvalue weighted by Crippen LogP contribution is -2.41. The van der Waals surface area contributed by atoms with Crippen molar-refractivity contribution in [2.75, 3.05) is 18.9 Å². The maximum Gasteiger partial charge on any atom is 0.124 e. The van der Waals surface area contributed by atoms with Gasteiger partial charge in [-0.05, 0) is 52.2 Å². The molecule has 1 aromatic rings. The minimum absolute atomic E-state index is 0.389. The van der Waals surface area contributed by atoms with E-state index in [2.05, 4.69) is 4.98 Å². The molecule has 112 valence electrons. The number of aryl methyl sites for hydroxylation is 1. The van der Waals surface area contributed by atoms with Crippen LogP contribution < -0.4 is 5.23 Å². The number of nitrogens with zero attached hydrogens (tertiary/aromatic N) is 2. The summed E-state index contributed by atoms with van der Waals surface area (Å²) in [7, 11) is 1.71. The van der Waals surface area contributed by atoms with Crippen LogP contribution in [0.5, 0.6) is 0 Å². The predicted octanol–water partition coefficient (Wildman–Crippen LogP) is 2.90. The lowest BCUT2D eigenvalue weighted by atomic mass is 9.90. The fourth-order valence-corrected chi connectivity index (χ4v) is 1.95. The highest BCUT2D eigenvalue weighted by Crippen LogP contribution is 2.40. The highest BCUT2D eigenvalue weighted by Gasteiger charge is 2.50. The van der Waals surface area contributed by atoms with E-state index in [9.17, 15) is 0 Å². The largest absolute Gasteiger partial charge is 0.385 e. The third kappa shape index (κ3) is 2.95. The maximum atomic E-state index is 5.95. The van der Waals surface area contributed by atoms with Crippen LogP contribution in [-0.4, -0.2) is 29.9 Å². The number of hydrogen-bond donors (Lipinski definition) is 0. The Morgan fingerprint density at radius 2 is 1.85 bits per heavy atom. The first kappa shape index (κ1) is 15.2. The molecule has 0 aliphatic carbocycles. The Labute approximate surface area is 120 Å². The summed E-state index contributed by atoms with van der Waals surface area (Å²) in [5.41, 5.74) is 1.23. The van der Waals surface area contributed by atoms with Crippen LogP contribution in [0.3, 0.4) is 0 Å². The minimum Gasteiger partial charge on any atom is -0.385 e. The van der Waals surface area contributed by atoms with Gasteiger partial charge in [-0.3, -0.25) is 4.98 Å². The van der Waals surface area contributed by atoms with Gasteiger partial charge in [0.2, 0.25) is 0 Å². The molecule has 0 radical (unpaired) electrons. The molecule has 2 heterocycles. The Morgan fingerprint density at radius 3 is 2.45 bits per heavy atom. The number of anilines is 1. The van der Waals surface area contributed by atoms with Crippen molar-refractivity contribution < 1.29 is 14.4 Å². The van der Waals surface area contributed by atoms with Crippen LogP contribution in [0.25, 0.3) is 0 Å². The third-order valence-electron chi connectivity index (χ3n) is 3.94. The molecule has 0 amide bonds. The van der Waals surface area contributed by atoms with Crippen molar-refractivity contribution in [3.63, 3.8) is 0 Å². The highest BCUT2D eigenvalue weighted by atomic mass is 17.0. The number of methoxy groups -OCH3 is 1. The molecule has 0 unspecified atom stereocenters. The van der Waals surface area contributed by atoms with Crippen LogP contribution in [0.1, 0.15) is 39.7 Å². The fourth-order valence-electron chi connectivity index (χ4n) is 1.95. The zero-order chi connectivity index (χ0) is 14.8. The molecule has 1 aliphatic rings. The zero-order valence-electron chi connectivity index (χ0n) is 13.0. The van der Waals surface area contributed by atoms with Gasteiger partial charge in [0.05, 0.1) is 0 Å². The molecule has 1 aliphatic heterocycles. The molecule has 20 heavy (non-hydrogen) atoms. The molecule has 0 spiro atoms. The molecule has 5 heteroatoms. The van der Waals surface area contributed by atoms with E-state index < -0.39 is 0 Å². The van der Waals surface area contributed by atoms with Gasteiger partial charge in [0.25, 0.3) is 0 Å². The van der Waals surface area contributed by atoms with E-state index in [1.165, 1.54) is 5.23 Å². The van der Waals surface area contributed by atoms with E-state index in [0.29, 0.717) is 0 Å². The van der Waals surface area contributed by atoms with E-state index in [1.54, 1.807) is 13.3 Å². The van der Waals surface area contributed by atoms with Crippen LogP contribution in [0, 0.1) is 0 Å². The van der Waals surface area contributed by atoms with Gasteiger partial charge in [0.1, 0.15) is 16.9 Å². The Hall–Kier alpha value is -1.17. The Kier molecular flexibility index (Phi) is 4.32. The van der Waals surface area contributed by atoms with Crippen molar-refractivity contribution >= 4 is 5.69 Å². The molecule has 1 fully saturated rings. The number of aromatic nitrogens is 1. The Morgan fingerprint density at radius 1 is 1.20 bits per heavy atom. The van der Waals surface area contributed by atoms with Gasteiger partial charge in [-0.2, -0.15) is 0 Å². The second kappa shape index (κ2) is 5.68. The standard InChI is InChI=1S/C15H24N2O3/c1-14(2)15(3,4)20-17(19-14)13-8-9-16-11-12(13)7-6-10-18-5/h8-9,11H,6-7,10H2,1-5H3. The van der Waals surface area contributed by atoms with Gasteiger partial charge < -0.3 is 4.74 Å². The van der Waals surface area contributed by atoms with Crippen molar-refractivity contribution in [3.8, 4) is 0 Å². The Balaban J connectivity index is 2.17. The molecule has 5 nitrogen and oxygen atoms in total. The summed E-state index contributed by atoms with van der Waals surface area (Å²) < 4.78 is 5.10. The monoisotopic (exact) mass is 280 g/mol. The second-order valence-corrected chi connectivity index (χ2v) is 6.06. The molecule has 0 bridgehead atoms. The van der Waals surface area contributed by atoms with Gasteiger partial charge in [0.15, 0.2) is 0 Å². The Bertz CT molecular complexity index is 444. The summed E-state index contributed by atoms with van der Waals surface area (Å²) in [5, 5.41) is 1.53. The normalized spacial score (nSPS) is 20.4. The smallest absolute Gasteiger partial charge is 0.124 e. The van der Waals surface area contributed by atoms with E-state index in [4.69, 9.17) is 14.4 Å². The molecule has 1 saturated heterocycles. The van der Waals surface area contributed by atoms with Gasteiger partial charge in [-0.25, -0.2) is 9.68 Å². The summed E-state index contributed by atoms with van der Waals surface area (Å²) >= 11 is 0. The summed E-state index contributed by atoms with van der Waals surface area (Å²) in [4.78, 5) is 16.1. The van der Waals surface area contributed by atoms with Crippen LogP contribution in [0.4, 0.5) is 5.69 Å². The van der Waals surface area contributed by atoms with Gasteiger partial charge in [-0.1, -0.05) is 0 Å². The van der Waals surface area contributed by atoms with Crippen molar-refractivity contribution in [1.29, 1.82) is 0 Å². The number of ether oxygens (including phenoxy) is 1. The van der Waals surface area contributed by atoms with Crippen molar-refractivity contribution in [3.05, 3.63) is 24.0 Å². The fraction of sp³-hybridized carbons (Fsp3) is 0.667. The average molecular weight is 280 g/mol. The van der Waals surface area contributed by atoms with E-state index >= 15 is 0 Å². The van der Waals surface area contributed by atoms with Crippen molar-refractivity contribution in [2.45, 2.75) is 51.7 Å². The average Bonchev–Trinajstić information content (AvgIpc) is 2.59. The summed E-state index contributed by atoms with van der Waals surface area (Å²) in [6.45, 7) is 8.84. The molecular weight excluding hydrogens is 256 g/mol. The SMILES string of the molecule is COCCCc1cnccc1N1OC(C)(C)C(C)(C)O1. The predicted molar refractivity (Wildman–Crippen MR) is 77.2 cm³/mol. The molecule has 1 aromatic heterocycles. The number of pyridine rings is 1. The highest BCUT2D eigenvalue weighted by molar-refractivity contribution is 5.49. The maximum absolute atomic E-state index is 5.95. The molecule has 0 atom stereocenters. The minimum atomic E-state index is -0.389. The first-order valence-corrected chi connectivity index (χ1v) is 6.97. The summed E-state index contributed by atoms with van der Waals surface area (Å²) in [6, 6.07) is 1.92. The summed E-state index contributed by atoms with van der Waals surface area (Å²) in [5.74, 6) is 0. The summed E-state index contributed by atoms with van der Waals surface area (Å²) in [6.07, 6.45) is 5.42. The van der Waals surface area contributed by atoms with E-state index in [0.717, 1.165) is 30.7 Å². The molecule has 0 N–H and O–H groups in total. The van der Waals surface area contributed by atoms with Crippen LogP contribution in [0.15, 0.2) is 18.5 Å². The van der Waals surface area contributed by atoms with Crippen LogP contribution in [0.2, 0.25) is 0 Å². The molecule has 2 rings (SSSR count). The lowest BCUT2D eigenvalue weighted by molar-refractivity contribution is -0.0277. The number of hydrogen-bond acceptors (Lipinski definition) is 5. The molecule has 0 saturated carbocycles. The van der Waals surface area contributed by atoms with Crippen molar-refractivity contribution in [2.24, 2.45) is 0 Å². The lowest BCUT2D eigenvalue weighted by Gasteiger charge is -2.26. The molecule has 0 aromatic carbocycles. The molecular formula is C15H24N2O3. The van der Waals surface area contributed by atoms with Crippen molar-refractivity contribution in [1.82, 2.24) is 4.98 Å². The third-order valence-corrected chi connectivity index (χ3v) is 3.94. The van der Waals surface area contributed by atoms with Crippen LogP contribution >= 0.6 is 0 Å². The van der Waals surface area contributed by atoms with E-state index in [-0.39, 0.29) is 11.2 Å². The first-order chi connectivity index (χ1) is 9.37. The van der Waals surface area contributed by atoms with Gasteiger partial charge >= 0.3 is 0 Å². The van der Waals surface area contributed by atoms with Gasteiger partial charge in [-0.15, -0.1) is 5.23 Å².